The minimum atomic E-state index is -0.453. The van der Waals surface area contributed by atoms with Crippen molar-refractivity contribution in [3.63, 3.8) is 0 Å². The minimum absolute atomic E-state index is 0.210. The van der Waals surface area contributed by atoms with E-state index in [1.165, 1.54) is 35.6 Å². The van der Waals surface area contributed by atoms with Crippen molar-refractivity contribution in [3.8, 4) is 22.6 Å². The quantitative estimate of drug-likeness (QED) is 0.289. The van der Waals surface area contributed by atoms with E-state index < -0.39 is 5.91 Å². The molecule has 4 aromatic rings. The van der Waals surface area contributed by atoms with Gasteiger partial charge in [0.25, 0.3) is 11.5 Å². The van der Waals surface area contributed by atoms with Gasteiger partial charge in [-0.15, -0.1) is 11.3 Å². The zero-order valence-electron chi connectivity index (χ0n) is 17.7. The number of hydrazone groups is 1. The van der Waals surface area contributed by atoms with E-state index in [2.05, 4.69) is 31.4 Å². The van der Waals surface area contributed by atoms with E-state index in [0.717, 1.165) is 11.1 Å². The van der Waals surface area contributed by atoms with Crippen molar-refractivity contribution in [2.24, 2.45) is 5.10 Å². The first kappa shape index (κ1) is 22.7. The number of carbonyl (C=O) groups excluding carboxylic acids is 1. The zero-order valence-corrected chi connectivity index (χ0v) is 20.1. The number of rotatable bonds is 7. The van der Waals surface area contributed by atoms with Crippen LogP contribution in [0.5, 0.6) is 11.5 Å². The number of nitrogens with zero attached hydrogens (tertiary/aromatic N) is 3. The molecule has 0 saturated heterocycles. The second kappa shape index (κ2) is 9.97. The first-order chi connectivity index (χ1) is 16.0. The van der Waals surface area contributed by atoms with Crippen LogP contribution in [0.2, 0.25) is 0 Å². The molecule has 1 amide bonds. The molecule has 0 aliphatic carbocycles. The molecule has 33 heavy (non-hydrogen) atoms. The van der Waals surface area contributed by atoms with Crippen molar-refractivity contribution < 1.29 is 14.3 Å². The van der Waals surface area contributed by atoms with Gasteiger partial charge in [-0.25, -0.2) is 10.4 Å². The van der Waals surface area contributed by atoms with Gasteiger partial charge in [-0.3, -0.25) is 14.2 Å². The predicted octanol–water partition coefficient (Wildman–Crippen LogP) is 4.06. The number of nitrogens with one attached hydrogen (secondary N) is 1. The number of aromatic nitrogens is 2. The molecule has 2 aromatic carbocycles. The minimum Gasteiger partial charge on any atom is -0.493 e. The predicted molar refractivity (Wildman–Crippen MR) is 132 cm³/mol. The topological polar surface area (TPSA) is 94.8 Å². The van der Waals surface area contributed by atoms with E-state index >= 15 is 0 Å². The molecule has 0 radical (unpaired) electrons. The second-order valence-corrected chi connectivity index (χ2v) is 8.62. The number of hydrogen-bond donors (Lipinski definition) is 1. The van der Waals surface area contributed by atoms with Gasteiger partial charge in [0, 0.05) is 10.9 Å². The Morgan fingerprint density at radius 3 is 2.76 bits per heavy atom. The van der Waals surface area contributed by atoms with E-state index in [0.29, 0.717) is 31.8 Å². The lowest BCUT2D eigenvalue weighted by molar-refractivity contribution is -0.121. The molecule has 2 aromatic heterocycles. The largest absolute Gasteiger partial charge is 0.493 e. The van der Waals surface area contributed by atoms with Crippen LogP contribution in [0.4, 0.5) is 0 Å². The summed E-state index contributed by atoms with van der Waals surface area (Å²) >= 11 is 4.81. The SMILES string of the molecule is COc1cc(C=NNC(=O)Cn2cnc3scc(-c4ccccc4)c3c2=O)cc(Br)c1OC. The van der Waals surface area contributed by atoms with E-state index in [9.17, 15) is 9.59 Å². The molecule has 10 heteroatoms. The Labute approximate surface area is 201 Å². The lowest BCUT2D eigenvalue weighted by Gasteiger charge is -2.10. The second-order valence-electron chi connectivity index (χ2n) is 6.90. The van der Waals surface area contributed by atoms with Crippen LogP contribution in [0.25, 0.3) is 21.3 Å². The highest BCUT2D eigenvalue weighted by atomic mass is 79.9. The average Bonchev–Trinajstić information content (AvgIpc) is 3.26. The van der Waals surface area contributed by atoms with Crippen molar-refractivity contribution in [2.45, 2.75) is 6.54 Å². The number of thiophene rings is 1. The van der Waals surface area contributed by atoms with Crippen molar-refractivity contribution in [1.29, 1.82) is 0 Å². The normalized spacial score (nSPS) is 11.1. The number of benzene rings is 2. The third-order valence-corrected chi connectivity index (χ3v) is 6.29. The van der Waals surface area contributed by atoms with E-state index in [1.54, 1.807) is 19.2 Å². The van der Waals surface area contributed by atoms with Crippen LogP contribution in [-0.2, 0) is 11.3 Å². The highest BCUT2D eigenvalue weighted by Crippen LogP contribution is 2.35. The summed E-state index contributed by atoms with van der Waals surface area (Å²) in [6, 6.07) is 13.1. The smallest absolute Gasteiger partial charge is 0.263 e. The van der Waals surface area contributed by atoms with Crippen LogP contribution in [0.1, 0.15) is 5.56 Å². The van der Waals surface area contributed by atoms with Crippen LogP contribution in [-0.4, -0.2) is 35.9 Å². The fraction of sp³-hybridized carbons (Fsp3) is 0.130. The maximum absolute atomic E-state index is 13.1. The molecule has 0 atom stereocenters. The van der Waals surface area contributed by atoms with E-state index in [4.69, 9.17) is 9.47 Å². The summed E-state index contributed by atoms with van der Waals surface area (Å²) in [4.78, 5) is 30.5. The monoisotopic (exact) mass is 526 g/mol. The fourth-order valence-corrected chi connectivity index (χ4v) is 4.82. The molecule has 8 nitrogen and oxygen atoms in total. The van der Waals surface area contributed by atoms with E-state index in [1.807, 2.05) is 35.7 Å². The molecule has 4 rings (SSSR count). The molecule has 0 fully saturated rings. The van der Waals surface area contributed by atoms with Crippen molar-refractivity contribution in [3.05, 3.63) is 74.6 Å². The van der Waals surface area contributed by atoms with Crippen molar-refractivity contribution in [1.82, 2.24) is 15.0 Å². The maximum Gasteiger partial charge on any atom is 0.263 e. The number of hydrogen-bond acceptors (Lipinski definition) is 7. The Kier molecular flexibility index (Phi) is 6.85. The highest BCUT2D eigenvalue weighted by molar-refractivity contribution is 9.10. The lowest BCUT2D eigenvalue weighted by Crippen LogP contribution is -2.30. The first-order valence-corrected chi connectivity index (χ1v) is 11.4. The Morgan fingerprint density at radius 1 is 1.24 bits per heavy atom. The van der Waals surface area contributed by atoms with Crippen LogP contribution < -0.4 is 20.5 Å². The number of methoxy groups -OCH3 is 2. The standard InChI is InChI=1S/C23H19BrN4O4S/c1-31-18-9-14(8-17(24)21(18)32-2)10-26-27-19(29)11-28-13-25-22-20(23(28)30)16(12-33-22)15-6-4-3-5-7-15/h3-10,12-13H,11H2,1-2H3,(H,27,29). The molecule has 0 unspecified atom stereocenters. The summed E-state index contributed by atoms with van der Waals surface area (Å²) in [7, 11) is 3.08. The van der Waals surface area contributed by atoms with Crippen LogP contribution >= 0.6 is 27.3 Å². The summed E-state index contributed by atoms with van der Waals surface area (Å²) in [5.41, 5.74) is 4.58. The summed E-state index contributed by atoms with van der Waals surface area (Å²) in [6.07, 6.45) is 2.85. The number of halogens is 1. The molecular weight excluding hydrogens is 508 g/mol. The van der Waals surface area contributed by atoms with Gasteiger partial charge < -0.3 is 9.47 Å². The summed E-state index contributed by atoms with van der Waals surface area (Å²) < 4.78 is 12.5. The van der Waals surface area contributed by atoms with Crippen LogP contribution in [0.3, 0.4) is 0 Å². The molecule has 0 aliphatic rings. The van der Waals surface area contributed by atoms with Gasteiger partial charge in [-0.2, -0.15) is 5.10 Å². The van der Waals surface area contributed by atoms with Crippen molar-refractivity contribution >= 4 is 49.6 Å². The van der Waals surface area contributed by atoms with Crippen LogP contribution in [0.15, 0.2) is 68.5 Å². The summed E-state index contributed by atoms with van der Waals surface area (Å²) in [5, 5.41) is 6.39. The first-order valence-electron chi connectivity index (χ1n) is 9.77. The van der Waals surface area contributed by atoms with Crippen LogP contribution in [0, 0.1) is 0 Å². The molecule has 2 heterocycles. The number of fused-ring (bicyclic) bond motifs is 1. The molecular formula is C23H19BrN4O4S. The van der Waals surface area contributed by atoms with Gasteiger partial charge in [-0.05, 0) is 39.2 Å². The molecule has 0 bridgehead atoms. The maximum atomic E-state index is 13.1. The zero-order chi connectivity index (χ0) is 23.4. The fourth-order valence-electron chi connectivity index (χ4n) is 3.29. The van der Waals surface area contributed by atoms with Gasteiger partial charge in [0.1, 0.15) is 11.4 Å². The molecule has 168 valence electrons. The Balaban J connectivity index is 1.51. The average molecular weight is 527 g/mol. The summed E-state index contributed by atoms with van der Waals surface area (Å²) in [6.45, 7) is -0.210. The Morgan fingerprint density at radius 2 is 2.03 bits per heavy atom. The Bertz CT molecular complexity index is 1400. The number of carbonyl (C=O) groups is 1. The molecule has 1 N–H and O–H groups in total. The van der Waals surface area contributed by atoms with Crippen molar-refractivity contribution in [2.75, 3.05) is 14.2 Å². The molecule has 0 aliphatic heterocycles. The third-order valence-electron chi connectivity index (χ3n) is 4.82. The Hall–Kier alpha value is -3.50. The summed E-state index contributed by atoms with van der Waals surface area (Å²) in [5.74, 6) is 0.630. The van der Waals surface area contributed by atoms with Gasteiger partial charge in [0.2, 0.25) is 0 Å². The lowest BCUT2D eigenvalue weighted by atomic mass is 10.1. The van der Waals surface area contributed by atoms with Gasteiger partial charge in [0.15, 0.2) is 11.5 Å². The van der Waals surface area contributed by atoms with Gasteiger partial charge >= 0.3 is 0 Å². The molecule has 0 spiro atoms. The van der Waals surface area contributed by atoms with Gasteiger partial charge in [-0.1, -0.05) is 30.3 Å². The molecule has 0 saturated carbocycles. The van der Waals surface area contributed by atoms with Gasteiger partial charge in [0.05, 0.1) is 36.6 Å². The third kappa shape index (κ3) is 4.81. The highest BCUT2D eigenvalue weighted by Gasteiger charge is 2.14. The van der Waals surface area contributed by atoms with E-state index in [-0.39, 0.29) is 12.1 Å². The number of ether oxygens (including phenoxy) is 2. The number of amides is 1.